The van der Waals surface area contributed by atoms with E-state index in [9.17, 15) is 18.0 Å². The number of anilines is 1. The molecular weight excluding hydrogens is 483 g/mol. The minimum atomic E-state index is -4.71. The number of halogens is 4. The fraction of sp³-hybridized carbons (Fsp3) is 0.280. The summed E-state index contributed by atoms with van der Waals surface area (Å²) >= 11 is 5.75. The van der Waals surface area contributed by atoms with E-state index in [-0.39, 0.29) is 17.8 Å². The molecule has 0 saturated carbocycles. The molecule has 35 heavy (non-hydrogen) atoms. The summed E-state index contributed by atoms with van der Waals surface area (Å²) in [6.45, 7) is 1.98. The number of carbonyl (C=O) groups excluding carboxylic acids is 1. The maximum Gasteiger partial charge on any atom is 0.573 e. The SMILES string of the molecule is O=C(NCc1ccc(N2CCC(Oc3ccc(OC(F)(F)F)cc3)CC2)cc1)c1ccc(Cl)nc1. The summed E-state index contributed by atoms with van der Waals surface area (Å²) in [5, 5.41) is 3.20. The molecular formula is C25H23ClF3N3O3. The van der Waals surface area contributed by atoms with Crippen LogP contribution >= 0.6 is 11.6 Å². The Morgan fingerprint density at radius 1 is 1.00 bits per heavy atom. The first kappa shape index (κ1) is 24.7. The number of carbonyl (C=O) groups is 1. The van der Waals surface area contributed by atoms with Crippen molar-refractivity contribution in [3.8, 4) is 11.5 Å². The minimum absolute atomic E-state index is 0.0162. The molecule has 184 valence electrons. The number of nitrogens with zero attached hydrogens (tertiary/aromatic N) is 2. The number of pyridine rings is 1. The van der Waals surface area contributed by atoms with Crippen LogP contribution in [0.2, 0.25) is 5.15 Å². The quantitative estimate of drug-likeness (QED) is 0.423. The van der Waals surface area contributed by atoms with E-state index < -0.39 is 6.36 Å². The number of amides is 1. The van der Waals surface area contributed by atoms with Crippen LogP contribution in [0.5, 0.6) is 11.5 Å². The van der Waals surface area contributed by atoms with Crippen LogP contribution < -0.4 is 19.7 Å². The van der Waals surface area contributed by atoms with Gasteiger partial charge < -0.3 is 19.7 Å². The molecule has 0 spiro atoms. The number of nitrogens with one attached hydrogen (secondary N) is 1. The van der Waals surface area contributed by atoms with Gasteiger partial charge in [0.05, 0.1) is 5.56 Å². The highest BCUT2D eigenvalue weighted by molar-refractivity contribution is 6.29. The molecule has 3 aromatic rings. The number of ether oxygens (including phenoxy) is 2. The van der Waals surface area contributed by atoms with Crippen molar-refractivity contribution < 1.29 is 27.4 Å². The first-order chi connectivity index (χ1) is 16.7. The van der Waals surface area contributed by atoms with E-state index in [1.807, 2.05) is 24.3 Å². The topological polar surface area (TPSA) is 63.7 Å². The predicted octanol–water partition coefficient (Wildman–Crippen LogP) is 5.61. The van der Waals surface area contributed by atoms with Gasteiger partial charge in [-0.05, 0) is 54.1 Å². The van der Waals surface area contributed by atoms with Gasteiger partial charge in [-0.1, -0.05) is 23.7 Å². The fourth-order valence-corrected chi connectivity index (χ4v) is 3.88. The molecule has 0 aliphatic carbocycles. The van der Waals surface area contributed by atoms with Crippen molar-refractivity contribution in [1.29, 1.82) is 0 Å². The van der Waals surface area contributed by atoms with Gasteiger partial charge in [-0.15, -0.1) is 13.2 Å². The summed E-state index contributed by atoms with van der Waals surface area (Å²) in [6.07, 6.45) is -1.72. The predicted molar refractivity (Wildman–Crippen MR) is 126 cm³/mol. The molecule has 1 N–H and O–H groups in total. The largest absolute Gasteiger partial charge is 0.573 e. The number of rotatable bonds is 7. The zero-order valence-corrected chi connectivity index (χ0v) is 19.4. The van der Waals surface area contributed by atoms with Crippen molar-refractivity contribution in [3.05, 3.63) is 83.1 Å². The summed E-state index contributed by atoms with van der Waals surface area (Å²) in [7, 11) is 0. The molecule has 4 rings (SSSR count). The number of hydrogen-bond acceptors (Lipinski definition) is 5. The van der Waals surface area contributed by atoms with Crippen LogP contribution in [0.15, 0.2) is 66.9 Å². The number of benzene rings is 2. The Morgan fingerprint density at radius 3 is 2.26 bits per heavy atom. The highest BCUT2D eigenvalue weighted by atomic mass is 35.5. The molecule has 2 aromatic carbocycles. The maximum atomic E-state index is 12.3. The number of hydrogen-bond donors (Lipinski definition) is 1. The third kappa shape index (κ3) is 7.26. The highest BCUT2D eigenvalue weighted by Crippen LogP contribution is 2.27. The second-order valence-corrected chi connectivity index (χ2v) is 8.43. The van der Waals surface area contributed by atoms with Crippen molar-refractivity contribution in [2.24, 2.45) is 0 Å². The van der Waals surface area contributed by atoms with Crippen LogP contribution in [-0.2, 0) is 6.54 Å². The Balaban J connectivity index is 1.22. The zero-order chi connectivity index (χ0) is 24.8. The molecule has 1 saturated heterocycles. The average Bonchev–Trinajstić information content (AvgIpc) is 2.84. The number of alkyl halides is 3. The zero-order valence-electron chi connectivity index (χ0n) is 18.6. The Morgan fingerprint density at radius 2 is 1.66 bits per heavy atom. The second-order valence-electron chi connectivity index (χ2n) is 8.04. The van der Waals surface area contributed by atoms with Gasteiger partial charge in [0.15, 0.2) is 0 Å². The van der Waals surface area contributed by atoms with Gasteiger partial charge in [0, 0.05) is 44.4 Å². The van der Waals surface area contributed by atoms with Crippen molar-refractivity contribution >= 4 is 23.2 Å². The van der Waals surface area contributed by atoms with Crippen LogP contribution in [0.4, 0.5) is 18.9 Å². The van der Waals surface area contributed by atoms with Crippen molar-refractivity contribution in [1.82, 2.24) is 10.3 Å². The molecule has 0 unspecified atom stereocenters. The van der Waals surface area contributed by atoms with Crippen LogP contribution in [0.1, 0.15) is 28.8 Å². The molecule has 1 aliphatic heterocycles. The van der Waals surface area contributed by atoms with Crippen LogP contribution in [0.3, 0.4) is 0 Å². The third-order valence-corrected chi connectivity index (χ3v) is 5.77. The lowest BCUT2D eigenvalue weighted by molar-refractivity contribution is -0.274. The molecule has 0 radical (unpaired) electrons. The monoisotopic (exact) mass is 505 g/mol. The van der Waals surface area contributed by atoms with Gasteiger partial charge in [-0.25, -0.2) is 4.98 Å². The van der Waals surface area contributed by atoms with E-state index in [0.29, 0.717) is 23.0 Å². The van der Waals surface area contributed by atoms with E-state index in [0.717, 1.165) is 37.2 Å². The molecule has 1 fully saturated rings. The normalized spacial score (nSPS) is 14.5. The van der Waals surface area contributed by atoms with Crippen LogP contribution in [0, 0.1) is 0 Å². The third-order valence-electron chi connectivity index (χ3n) is 5.55. The van der Waals surface area contributed by atoms with E-state index in [1.54, 1.807) is 12.1 Å². The summed E-state index contributed by atoms with van der Waals surface area (Å²) in [5.41, 5.74) is 2.50. The Labute approximate surface area is 205 Å². The van der Waals surface area contributed by atoms with Gasteiger partial charge in [0.2, 0.25) is 0 Å². The first-order valence-electron chi connectivity index (χ1n) is 11.0. The van der Waals surface area contributed by atoms with Crippen molar-refractivity contribution in [2.45, 2.75) is 31.9 Å². The maximum absolute atomic E-state index is 12.3. The molecule has 0 bridgehead atoms. The second kappa shape index (κ2) is 10.9. The lowest BCUT2D eigenvalue weighted by Crippen LogP contribution is -2.38. The van der Waals surface area contributed by atoms with Gasteiger partial charge in [0.1, 0.15) is 22.8 Å². The van der Waals surface area contributed by atoms with E-state index >= 15 is 0 Å². The van der Waals surface area contributed by atoms with Crippen molar-refractivity contribution in [2.75, 3.05) is 18.0 Å². The molecule has 6 nitrogen and oxygen atoms in total. The number of aromatic nitrogens is 1. The van der Waals surface area contributed by atoms with Gasteiger partial charge in [-0.2, -0.15) is 0 Å². The fourth-order valence-electron chi connectivity index (χ4n) is 3.76. The van der Waals surface area contributed by atoms with E-state index in [1.165, 1.54) is 30.5 Å². The van der Waals surface area contributed by atoms with E-state index in [2.05, 4.69) is 19.9 Å². The Kier molecular flexibility index (Phi) is 7.65. The lowest BCUT2D eigenvalue weighted by Gasteiger charge is -2.33. The summed E-state index contributed by atoms with van der Waals surface area (Å²) < 4.78 is 46.6. The van der Waals surface area contributed by atoms with Crippen LogP contribution in [0.25, 0.3) is 0 Å². The van der Waals surface area contributed by atoms with Gasteiger partial charge in [0.25, 0.3) is 5.91 Å². The Hall–Kier alpha value is -3.46. The minimum Gasteiger partial charge on any atom is -0.490 e. The van der Waals surface area contributed by atoms with Crippen LogP contribution in [-0.4, -0.2) is 36.4 Å². The summed E-state index contributed by atoms with van der Waals surface area (Å²) in [4.78, 5) is 18.4. The lowest BCUT2D eigenvalue weighted by atomic mass is 10.1. The van der Waals surface area contributed by atoms with E-state index in [4.69, 9.17) is 16.3 Å². The molecule has 2 heterocycles. The first-order valence-corrected chi connectivity index (χ1v) is 11.4. The highest BCUT2D eigenvalue weighted by Gasteiger charge is 2.31. The number of piperidine rings is 1. The summed E-state index contributed by atoms with van der Waals surface area (Å²) in [5.74, 6) is 0.0197. The molecule has 1 aliphatic rings. The molecule has 0 atom stereocenters. The molecule has 1 aromatic heterocycles. The Bertz CT molecular complexity index is 1120. The standard InChI is InChI=1S/C25H23ClF3N3O3/c26-23-10-3-18(16-30-23)24(33)31-15-17-1-4-19(5-2-17)32-13-11-21(12-14-32)34-20-6-8-22(9-7-20)35-25(27,28)29/h1-10,16,21H,11-15H2,(H,31,33). The summed E-state index contributed by atoms with van der Waals surface area (Å²) in [6, 6.07) is 16.6. The molecule has 1 amide bonds. The van der Waals surface area contributed by atoms with Gasteiger partial charge >= 0.3 is 6.36 Å². The smallest absolute Gasteiger partial charge is 0.490 e. The van der Waals surface area contributed by atoms with Crippen molar-refractivity contribution in [3.63, 3.8) is 0 Å². The molecule has 10 heteroatoms. The average molecular weight is 506 g/mol. The van der Waals surface area contributed by atoms with Gasteiger partial charge in [-0.3, -0.25) is 4.79 Å².